The highest BCUT2D eigenvalue weighted by Gasteiger charge is 2.24. The Morgan fingerprint density at radius 3 is 2.70 bits per heavy atom. The van der Waals surface area contributed by atoms with Crippen LogP contribution in [0.5, 0.6) is 5.75 Å². The Kier molecular flexibility index (Phi) is 4.52. The number of hydrogen-bond acceptors (Lipinski definition) is 5. The summed E-state index contributed by atoms with van der Waals surface area (Å²) in [6, 6.07) is 11.1. The Morgan fingerprint density at radius 1 is 1.26 bits per heavy atom. The van der Waals surface area contributed by atoms with E-state index in [1.807, 2.05) is 50.2 Å². The molecule has 1 aromatic heterocycles. The molecule has 0 saturated carbocycles. The standard InChI is InChI=1S/C17H16N2O3S/c1-3-21-13-8-5-12(6-9-13)18-17-19-16(20)15(23-17)10-14-7-4-11(2)22-14/h4-10H,3H2,1-2H3,(H,18,19,20)/b15-10+. The smallest absolute Gasteiger partial charge is 0.264 e. The van der Waals surface area contributed by atoms with Gasteiger partial charge >= 0.3 is 0 Å². The van der Waals surface area contributed by atoms with Crippen molar-refractivity contribution in [1.29, 1.82) is 0 Å². The van der Waals surface area contributed by atoms with Crippen LogP contribution in [-0.2, 0) is 4.79 Å². The van der Waals surface area contributed by atoms with Gasteiger partial charge in [-0.15, -0.1) is 0 Å². The van der Waals surface area contributed by atoms with Gasteiger partial charge in [-0.05, 0) is 62.0 Å². The molecule has 1 aromatic carbocycles. The minimum absolute atomic E-state index is 0.172. The second-order valence-corrected chi connectivity index (χ2v) is 5.89. The first-order valence-electron chi connectivity index (χ1n) is 7.23. The summed E-state index contributed by atoms with van der Waals surface area (Å²) < 4.78 is 10.9. The molecular formula is C17H16N2O3S. The molecule has 6 heteroatoms. The minimum Gasteiger partial charge on any atom is -0.494 e. The molecule has 3 rings (SSSR count). The van der Waals surface area contributed by atoms with E-state index in [9.17, 15) is 4.79 Å². The van der Waals surface area contributed by atoms with Gasteiger partial charge in [-0.1, -0.05) is 0 Å². The number of benzene rings is 1. The van der Waals surface area contributed by atoms with Crippen molar-refractivity contribution in [1.82, 2.24) is 5.32 Å². The van der Waals surface area contributed by atoms with Crippen molar-refractivity contribution in [2.75, 3.05) is 6.61 Å². The average Bonchev–Trinajstić information content (AvgIpc) is 3.08. The van der Waals surface area contributed by atoms with Gasteiger partial charge in [0.15, 0.2) is 5.17 Å². The topological polar surface area (TPSA) is 63.8 Å². The Labute approximate surface area is 138 Å². The van der Waals surface area contributed by atoms with Gasteiger partial charge in [-0.3, -0.25) is 4.79 Å². The van der Waals surface area contributed by atoms with E-state index in [-0.39, 0.29) is 5.91 Å². The van der Waals surface area contributed by atoms with E-state index in [4.69, 9.17) is 9.15 Å². The van der Waals surface area contributed by atoms with Crippen molar-refractivity contribution < 1.29 is 13.9 Å². The number of amidine groups is 1. The maximum absolute atomic E-state index is 12.0. The van der Waals surface area contributed by atoms with Crippen molar-refractivity contribution in [2.45, 2.75) is 13.8 Å². The molecule has 0 unspecified atom stereocenters. The molecule has 0 aliphatic carbocycles. The molecule has 0 spiro atoms. The zero-order valence-electron chi connectivity index (χ0n) is 12.8. The number of nitrogens with zero attached hydrogens (tertiary/aromatic N) is 1. The average molecular weight is 328 g/mol. The number of amides is 1. The molecule has 0 atom stereocenters. The van der Waals surface area contributed by atoms with E-state index in [0.29, 0.717) is 22.4 Å². The zero-order chi connectivity index (χ0) is 16.2. The van der Waals surface area contributed by atoms with Gasteiger partial charge in [-0.25, -0.2) is 4.99 Å². The first-order chi connectivity index (χ1) is 11.1. The Bertz CT molecular complexity index is 775. The van der Waals surface area contributed by atoms with Crippen molar-refractivity contribution in [3.8, 4) is 5.75 Å². The van der Waals surface area contributed by atoms with Crippen LogP contribution >= 0.6 is 11.8 Å². The lowest BCUT2D eigenvalue weighted by Gasteiger charge is -2.02. The van der Waals surface area contributed by atoms with Crippen LogP contribution in [0.3, 0.4) is 0 Å². The molecule has 0 bridgehead atoms. The van der Waals surface area contributed by atoms with Gasteiger partial charge in [0.1, 0.15) is 17.3 Å². The molecule has 2 heterocycles. The Morgan fingerprint density at radius 2 is 2.04 bits per heavy atom. The summed E-state index contributed by atoms with van der Waals surface area (Å²) in [5.74, 6) is 2.09. The summed E-state index contributed by atoms with van der Waals surface area (Å²) in [6.45, 7) is 4.43. The summed E-state index contributed by atoms with van der Waals surface area (Å²) >= 11 is 1.29. The fourth-order valence-electron chi connectivity index (χ4n) is 2.04. The van der Waals surface area contributed by atoms with Crippen LogP contribution in [0.2, 0.25) is 0 Å². The summed E-state index contributed by atoms with van der Waals surface area (Å²) in [5, 5.41) is 3.30. The number of thioether (sulfide) groups is 1. The van der Waals surface area contributed by atoms with Crippen molar-refractivity contribution in [3.05, 3.63) is 52.8 Å². The number of rotatable bonds is 4. The molecule has 5 nitrogen and oxygen atoms in total. The predicted molar refractivity (Wildman–Crippen MR) is 91.9 cm³/mol. The summed E-state index contributed by atoms with van der Waals surface area (Å²) in [7, 11) is 0. The lowest BCUT2D eigenvalue weighted by atomic mass is 10.3. The molecule has 23 heavy (non-hydrogen) atoms. The van der Waals surface area contributed by atoms with E-state index in [0.717, 1.165) is 17.2 Å². The van der Waals surface area contributed by atoms with Crippen LogP contribution < -0.4 is 10.1 Å². The van der Waals surface area contributed by atoms with Crippen LogP contribution in [0, 0.1) is 6.92 Å². The lowest BCUT2D eigenvalue weighted by Crippen LogP contribution is -2.19. The number of hydrogen-bond donors (Lipinski definition) is 1. The van der Waals surface area contributed by atoms with Gasteiger partial charge in [0.25, 0.3) is 5.91 Å². The van der Waals surface area contributed by atoms with Gasteiger partial charge in [-0.2, -0.15) is 0 Å². The molecule has 1 saturated heterocycles. The van der Waals surface area contributed by atoms with Crippen LogP contribution in [0.4, 0.5) is 5.69 Å². The predicted octanol–water partition coefficient (Wildman–Crippen LogP) is 3.88. The van der Waals surface area contributed by atoms with Gasteiger partial charge in [0, 0.05) is 6.08 Å². The van der Waals surface area contributed by atoms with Gasteiger partial charge in [0.2, 0.25) is 0 Å². The number of aryl methyl sites for hydroxylation is 1. The Hall–Kier alpha value is -2.47. The lowest BCUT2D eigenvalue weighted by molar-refractivity contribution is -0.115. The van der Waals surface area contributed by atoms with E-state index >= 15 is 0 Å². The summed E-state index contributed by atoms with van der Waals surface area (Å²) in [6.07, 6.45) is 1.72. The van der Waals surface area contributed by atoms with Crippen LogP contribution in [0.15, 0.2) is 50.7 Å². The maximum Gasteiger partial charge on any atom is 0.264 e. The monoisotopic (exact) mass is 328 g/mol. The summed E-state index contributed by atoms with van der Waals surface area (Å²) in [4.78, 5) is 17.0. The largest absolute Gasteiger partial charge is 0.494 e. The fourth-order valence-corrected chi connectivity index (χ4v) is 2.86. The number of ether oxygens (including phenoxy) is 1. The molecule has 1 aliphatic heterocycles. The highest BCUT2D eigenvalue weighted by Crippen LogP contribution is 2.28. The summed E-state index contributed by atoms with van der Waals surface area (Å²) in [5.41, 5.74) is 0.756. The number of furan rings is 1. The molecule has 1 amide bonds. The van der Waals surface area contributed by atoms with Crippen LogP contribution in [-0.4, -0.2) is 17.7 Å². The molecule has 1 N–H and O–H groups in total. The van der Waals surface area contributed by atoms with Gasteiger partial charge < -0.3 is 14.5 Å². The maximum atomic E-state index is 12.0. The molecular weight excluding hydrogens is 312 g/mol. The number of aliphatic imine (C=N–C) groups is 1. The van der Waals surface area contributed by atoms with E-state index in [1.54, 1.807) is 6.08 Å². The minimum atomic E-state index is -0.172. The van der Waals surface area contributed by atoms with Crippen LogP contribution in [0.1, 0.15) is 18.4 Å². The molecule has 1 fully saturated rings. The number of carbonyl (C=O) groups is 1. The zero-order valence-corrected chi connectivity index (χ0v) is 13.6. The van der Waals surface area contributed by atoms with E-state index in [2.05, 4.69) is 10.3 Å². The normalized spacial score (nSPS) is 17.7. The fraction of sp³-hybridized carbons (Fsp3) is 0.176. The molecule has 118 valence electrons. The molecule has 0 radical (unpaired) electrons. The third kappa shape index (κ3) is 3.84. The molecule has 1 aliphatic rings. The van der Waals surface area contributed by atoms with E-state index < -0.39 is 0 Å². The SMILES string of the molecule is CCOc1ccc(N=C2NC(=O)/C(=C\c3ccc(C)o3)S2)cc1. The number of nitrogens with one attached hydrogen (secondary N) is 1. The van der Waals surface area contributed by atoms with E-state index in [1.165, 1.54) is 11.8 Å². The van der Waals surface area contributed by atoms with Crippen molar-refractivity contribution in [2.24, 2.45) is 4.99 Å². The molecule has 2 aromatic rings. The second-order valence-electron chi connectivity index (χ2n) is 4.86. The van der Waals surface area contributed by atoms with Gasteiger partial charge in [0.05, 0.1) is 17.2 Å². The van der Waals surface area contributed by atoms with Crippen molar-refractivity contribution >= 4 is 34.6 Å². The van der Waals surface area contributed by atoms with Crippen molar-refractivity contribution in [3.63, 3.8) is 0 Å². The highest BCUT2D eigenvalue weighted by molar-refractivity contribution is 8.18. The highest BCUT2D eigenvalue weighted by atomic mass is 32.2. The first kappa shape index (κ1) is 15.4. The van der Waals surface area contributed by atoms with Crippen LogP contribution in [0.25, 0.3) is 6.08 Å². The number of carbonyl (C=O) groups excluding carboxylic acids is 1. The Balaban J connectivity index is 1.75. The second kappa shape index (κ2) is 6.75. The first-order valence-corrected chi connectivity index (χ1v) is 8.04. The quantitative estimate of drug-likeness (QED) is 0.865. The third-order valence-electron chi connectivity index (χ3n) is 3.06. The third-order valence-corrected chi connectivity index (χ3v) is 3.97.